The van der Waals surface area contributed by atoms with Gasteiger partial charge in [0.25, 0.3) is 0 Å². The Kier molecular flexibility index (Phi) is 5.66. The van der Waals surface area contributed by atoms with Gasteiger partial charge in [-0.3, -0.25) is 4.79 Å². The Hall–Kier alpha value is -2.12. The Morgan fingerprint density at radius 1 is 1.21 bits per heavy atom. The second-order valence-electron chi connectivity index (χ2n) is 6.76. The van der Waals surface area contributed by atoms with E-state index in [2.05, 4.69) is 11.0 Å². The number of nitriles is 1. The minimum absolute atomic E-state index is 0.0943. The van der Waals surface area contributed by atoms with Crippen LogP contribution in [0.4, 0.5) is 0 Å². The molecule has 0 bridgehead atoms. The van der Waals surface area contributed by atoms with Gasteiger partial charge in [-0.25, -0.2) is 0 Å². The lowest BCUT2D eigenvalue weighted by Crippen LogP contribution is -2.44. The molecule has 0 N–H and O–H groups in total. The molecule has 2 aliphatic rings. The van der Waals surface area contributed by atoms with Gasteiger partial charge in [-0.1, -0.05) is 18.6 Å². The van der Waals surface area contributed by atoms with Crippen LogP contribution in [0, 0.1) is 11.3 Å². The Morgan fingerprint density at radius 3 is 2.83 bits per heavy atom. The third-order valence-corrected chi connectivity index (χ3v) is 5.01. The highest BCUT2D eigenvalue weighted by molar-refractivity contribution is 5.92. The summed E-state index contributed by atoms with van der Waals surface area (Å²) < 4.78 is 0. The Morgan fingerprint density at radius 2 is 2.04 bits per heavy atom. The lowest BCUT2D eigenvalue weighted by atomic mass is 10.1. The van der Waals surface area contributed by atoms with E-state index in [1.165, 1.54) is 32.4 Å². The van der Waals surface area contributed by atoms with Crippen LogP contribution in [0.5, 0.6) is 0 Å². The van der Waals surface area contributed by atoms with Gasteiger partial charge >= 0.3 is 0 Å². The van der Waals surface area contributed by atoms with Crippen LogP contribution in [0.25, 0.3) is 6.08 Å². The normalized spacial score (nSPS) is 22.0. The predicted octanol–water partition coefficient (Wildman–Crippen LogP) is 3.05. The topological polar surface area (TPSA) is 47.3 Å². The molecule has 3 rings (SSSR count). The summed E-state index contributed by atoms with van der Waals surface area (Å²) in [5.74, 6) is 0.0943. The summed E-state index contributed by atoms with van der Waals surface area (Å²) in [6, 6.07) is 9.82. The fourth-order valence-corrected chi connectivity index (χ4v) is 3.73. The molecule has 1 aromatic rings. The number of hydrogen-bond donors (Lipinski definition) is 0. The summed E-state index contributed by atoms with van der Waals surface area (Å²) in [7, 11) is 0. The molecule has 2 fully saturated rings. The molecule has 1 atom stereocenters. The molecule has 0 radical (unpaired) electrons. The van der Waals surface area contributed by atoms with E-state index < -0.39 is 0 Å². The van der Waals surface area contributed by atoms with Crippen molar-refractivity contribution in [2.24, 2.45) is 0 Å². The third kappa shape index (κ3) is 4.24. The second kappa shape index (κ2) is 8.12. The van der Waals surface area contributed by atoms with Crippen molar-refractivity contribution in [2.75, 3.05) is 26.2 Å². The van der Waals surface area contributed by atoms with Gasteiger partial charge in [-0.2, -0.15) is 5.26 Å². The summed E-state index contributed by atoms with van der Waals surface area (Å²) >= 11 is 0. The van der Waals surface area contributed by atoms with Gasteiger partial charge in [0.15, 0.2) is 0 Å². The maximum Gasteiger partial charge on any atom is 0.246 e. The van der Waals surface area contributed by atoms with Gasteiger partial charge < -0.3 is 9.80 Å². The number of likely N-dealkylation sites (tertiary alicyclic amines) is 2. The van der Waals surface area contributed by atoms with E-state index >= 15 is 0 Å². The molecule has 126 valence electrons. The SMILES string of the molecule is N#Cc1cccc(C=CC(=O)N2CCCC2CN2CCCCC2)c1. The molecule has 2 saturated heterocycles. The first-order chi connectivity index (χ1) is 11.8. The molecular weight excluding hydrogens is 298 g/mol. The van der Waals surface area contributed by atoms with Crippen molar-refractivity contribution in [3.05, 3.63) is 41.5 Å². The van der Waals surface area contributed by atoms with E-state index in [0.29, 0.717) is 11.6 Å². The molecule has 0 spiro atoms. The first-order valence-electron chi connectivity index (χ1n) is 8.97. The fraction of sp³-hybridized carbons (Fsp3) is 0.500. The van der Waals surface area contributed by atoms with Gasteiger partial charge in [0.2, 0.25) is 5.91 Å². The van der Waals surface area contributed by atoms with E-state index in [1.54, 1.807) is 18.2 Å². The van der Waals surface area contributed by atoms with Crippen molar-refractivity contribution in [1.29, 1.82) is 5.26 Å². The number of carbonyl (C=O) groups is 1. The maximum atomic E-state index is 12.6. The minimum Gasteiger partial charge on any atom is -0.335 e. The minimum atomic E-state index is 0.0943. The van der Waals surface area contributed by atoms with Crippen LogP contribution < -0.4 is 0 Å². The number of piperidine rings is 1. The summed E-state index contributed by atoms with van der Waals surface area (Å²) in [4.78, 5) is 17.1. The third-order valence-electron chi connectivity index (χ3n) is 5.01. The number of rotatable bonds is 4. The highest BCUT2D eigenvalue weighted by atomic mass is 16.2. The van der Waals surface area contributed by atoms with Crippen LogP contribution in [0.15, 0.2) is 30.3 Å². The van der Waals surface area contributed by atoms with Crippen LogP contribution in [0.1, 0.15) is 43.2 Å². The maximum absolute atomic E-state index is 12.6. The molecule has 2 aliphatic heterocycles. The largest absolute Gasteiger partial charge is 0.335 e. The van der Waals surface area contributed by atoms with Crippen LogP contribution in [0.2, 0.25) is 0 Å². The standard InChI is InChI=1S/C20H25N3O/c21-15-18-7-4-6-17(14-18)9-10-20(24)23-13-5-8-19(23)16-22-11-2-1-3-12-22/h4,6-7,9-10,14,19H,1-3,5,8,11-13,16H2. The van der Waals surface area contributed by atoms with Crippen molar-refractivity contribution in [2.45, 2.75) is 38.1 Å². The number of carbonyl (C=O) groups excluding carboxylic acids is 1. The van der Waals surface area contributed by atoms with Gasteiger partial charge in [-0.15, -0.1) is 0 Å². The number of nitrogens with zero attached hydrogens (tertiary/aromatic N) is 3. The van der Waals surface area contributed by atoms with Crippen LogP contribution in [-0.4, -0.2) is 47.9 Å². The Labute approximate surface area is 144 Å². The zero-order valence-electron chi connectivity index (χ0n) is 14.2. The highest BCUT2D eigenvalue weighted by Crippen LogP contribution is 2.21. The van der Waals surface area contributed by atoms with E-state index in [9.17, 15) is 4.79 Å². The zero-order valence-corrected chi connectivity index (χ0v) is 14.2. The summed E-state index contributed by atoms with van der Waals surface area (Å²) in [5, 5.41) is 8.95. The van der Waals surface area contributed by atoms with E-state index in [0.717, 1.165) is 31.5 Å². The zero-order chi connectivity index (χ0) is 16.8. The first-order valence-corrected chi connectivity index (χ1v) is 8.97. The average Bonchev–Trinajstić information content (AvgIpc) is 3.09. The molecule has 4 heteroatoms. The molecule has 0 aromatic heterocycles. The van der Waals surface area contributed by atoms with E-state index in [-0.39, 0.29) is 5.91 Å². The summed E-state index contributed by atoms with van der Waals surface area (Å²) in [5.41, 5.74) is 1.52. The predicted molar refractivity (Wildman–Crippen MR) is 95.2 cm³/mol. The monoisotopic (exact) mass is 323 g/mol. The Bertz CT molecular complexity index is 641. The number of amides is 1. The summed E-state index contributed by atoms with van der Waals surface area (Å²) in [6.07, 6.45) is 9.60. The molecule has 24 heavy (non-hydrogen) atoms. The number of hydrogen-bond acceptors (Lipinski definition) is 3. The first kappa shape index (κ1) is 16.7. The smallest absolute Gasteiger partial charge is 0.246 e. The van der Waals surface area contributed by atoms with Crippen LogP contribution in [0.3, 0.4) is 0 Å². The lowest BCUT2D eigenvalue weighted by molar-refractivity contribution is -0.127. The quantitative estimate of drug-likeness (QED) is 0.800. The van der Waals surface area contributed by atoms with Crippen molar-refractivity contribution >= 4 is 12.0 Å². The average molecular weight is 323 g/mol. The van der Waals surface area contributed by atoms with Crippen molar-refractivity contribution < 1.29 is 4.79 Å². The molecule has 0 aliphatic carbocycles. The molecule has 0 saturated carbocycles. The molecule has 1 unspecified atom stereocenters. The van der Waals surface area contributed by atoms with Crippen molar-refractivity contribution in [1.82, 2.24) is 9.80 Å². The number of benzene rings is 1. The van der Waals surface area contributed by atoms with Crippen LogP contribution in [-0.2, 0) is 4.79 Å². The Balaban J connectivity index is 1.60. The molecule has 4 nitrogen and oxygen atoms in total. The van der Waals surface area contributed by atoms with Crippen molar-refractivity contribution in [3.63, 3.8) is 0 Å². The van der Waals surface area contributed by atoms with E-state index in [1.807, 2.05) is 23.1 Å². The summed E-state index contributed by atoms with van der Waals surface area (Å²) in [6.45, 7) is 4.23. The fourth-order valence-electron chi connectivity index (χ4n) is 3.73. The highest BCUT2D eigenvalue weighted by Gasteiger charge is 2.29. The lowest BCUT2D eigenvalue weighted by Gasteiger charge is -2.32. The van der Waals surface area contributed by atoms with Crippen molar-refractivity contribution in [3.8, 4) is 6.07 Å². The van der Waals surface area contributed by atoms with Gasteiger partial charge in [-0.05, 0) is 62.5 Å². The molecule has 1 aromatic carbocycles. The van der Waals surface area contributed by atoms with E-state index in [4.69, 9.17) is 5.26 Å². The van der Waals surface area contributed by atoms with Gasteiger partial charge in [0.05, 0.1) is 11.6 Å². The molecule has 1 amide bonds. The van der Waals surface area contributed by atoms with Gasteiger partial charge in [0.1, 0.15) is 0 Å². The molecule has 2 heterocycles. The van der Waals surface area contributed by atoms with Gasteiger partial charge in [0, 0.05) is 25.2 Å². The molecular formula is C20H25N3O. The van der Waals surface area contributed by atoms with Crippen LogP contribution >= 0.6 is 0 Å². The second-order valence-corrected chi connectivity index (χ2v) is 6.76.